The van der Waals surface area contributed by atoms with Gasteiger partial charge in [0.1, 0.15) is 0 Å². The van der Waals surface area contributed by atoms with Gasteiger partial charge in [0.05, 0.1) is 11.8 Å². The van der Waals surface area contributed by atoms with E-state index in [0.717, 1.165) is 12.8 Å². The van der Waals surface area contributed by atoms with Crippen LogP contribution in [0.25, 0.3) is 0 Å². The molecule has 1 heterocycles. The summed E-state index contributed by atoms with van der Waals surface area (Å²) >= 11 is 0. The third-order valence-electron chi connectivity index (χ3n) is 2.87. The first-order valence-electron chi connectivity index (χ1n) is 5.46. The van der Waals surface area contributed by atoms with Crippen molar-refractivity contribution in [2.45, 2.75) is 32.8 Å². The van der Waals surface area contributed by atoms with E-state index in [4.69, 9.17) is 9.52 Å². The highest BCUT2D eigenvalue weighted by atomic mass is 16.4. The quantitative estimate of drug-likeness (QED) is 0.796. The lowest BCUT2D eigenvalue weighted by Crippen LogP contribution is -2.38. The molecule has 1 aliphatic carbocycles. The number of carbonyl (C=O) groups excluding carboxylic acids is 1. The molecule has 1 amide bonds. The molecule has 1 fully saturated rings. The number of aryl methyl sites for hydroxylation is 2. The number of oxazole rings is 1. The van der Waals surface area contributed by atoms with Gasteiger partial charge in [-0.3, -0.25) is 4.79 Å². The van der Waals surface area contributed by atoms with Gasteiger partial charge in [-0.2, -0.15) is 0 Å². The van der Waals surface area contributed by atoms with Crippen molar-refractivity contribution in [3.05, 3.63) is 17.3 Å². The molecule has 1 saturated carbocycles. The Bertz CT molecular complexity index is 394. The monoisotopic (exact) mass is 224 g/mol. The Morgan fingerprint density at radius 2 is 2.25 bits per heavy atom. The van der Waals surface area contributed by atoms with Gasteiger partial charge in [-0.15, -0.1) is 0 Å². The molecule has 1 aliphatic rings. The van der Waals surface area contributed by atoms with E-state index >= 15 is 0 Å². The number of nitrogens with one attached hydrogen (secondary N) is 1. The molecule has 0 aliphatic heterocycles. The van der Waals surface area contributed by atoms with E-state index in [1.165, 1.54) is 0 Å². The number of rotatable bonds is 3. The maximum absolute atomic E-state index is 11.7. The number of nitrogens with zero attached hydrogens (tertiary/aromatic N) is 1. The lowest BCUT2D eigenvalue weighted by atomic mass is 9.82. The Labute approximate surface area is 93.9 Å². The lowest BCUT2D eigenvalue weighted by molar-refractivity contribution is 0.0417. The maximum Gasteiger partial charge on any atom is 0.289 e. The van der Waals surface area contributed by atoms with Gasteiger partial charge < -0.3 is 14.8 Å². The fraction of sp³-hybridized carbons (Fsp3) is 0.636. The predicted octanol–water partition coefficient (Wildman–Crippen LogP) is 0.792. The summed E-state index contributed by atoms with van der Waals surface area (Å²) < 4.78 is 5.21. The van der Waals surface area contributed by atoms with Crippen molar-refractivity contribution >= 4 is 5.91 Å². The van der Waals surface area contributed by atoms with Crippen LogP contribution in [0.3, 0.4) is 0 Å². The molecule has 0 spiro atoms. The molecule has 2 N–H and O–H groups in total. The molecule has 88 valence electrons. The third-order valence-corrected chi connectivity index (χ3v) is 2.87. The van der Waals surface area contributed by atoms with Gasteiger partial charge in [-0.25, -0.2) is 4.98 Å². The molecule has 0 aromatic carbocycles. The molecule has 1 aromatic rings. The highest BCUT2D eigenvalue weighted by Crippen LogP contribution is 2.26. The van der Waals surface area contributed by atoms with Crippen molar-refractivity contribution in [1.29, 1.82) is 0 Å². The summed E-state index contributed by atoms with van der Waals surface area (Å²) in [6.07, 6.45) is 1.36. The summed E-state index contributed by atoms with van der Waals surface area (Å²) in [6, 6.07) is 0. The molecule has 0 bridgehead atoms. The normalized spacial score (nSPS) is 23.9. The Kier molecular flexibility index (Phi) is 2.96. The molecule has 16 heavy (non-hydrogen) atoms. The van der Waals surface area contributed by atoms with E-state index in [-0.39, 0.29) is 17.8 Å². The summed E-state index contributed by atoms with van der Waals surface area (Å²) in [4.78, 5) is 15.7. The molecular weight excluding hydrogens is 208 g/mol. The van der Waals surface area contributed by atoms with Crippen molar-refractivity contribution in [2.75, 3.05) is 6.54 Å². The summed E-state index contributed by atoms with van der Waals surface area (Å²) in [5, 5.41) is 11.9. The molecule has 0 radical (unpaired) electrons. The van der Waals surface area contributed by atoms with E-state index in [9.17, 15) is 4.79 Å². The zero-order chi connectivity index (χ0) is 11.7. The fourth-order valence-electron chi connectivity index (χ4n) is 1.93. The van der Waals surface area contributed by atoms with Crippen LogP contribution in [0.5, 0.6) is 0 Å². The van der Waals surface area contributed by atoms with Gasteiger partial charge in [-0.05, 0) is 25.7 Å². The maximum atomic E-state index is 11.7. The standard InChI is InChI=1S/C11H16N2O3/c1-6-10(16-7(2)13-6)11(15)12-5-8-3-9(14)4-8/h8-9,14H,3-5H2,1-2H3,(H,12,15). The minimum Gasteiger partial charge on any atom is -0.436 e. The van der Waals surface area contributed by atoms with Gasteiger partial charge >= 0.3 is 0 Å². The zero-order valence-corrected chi connectivity index (χ0v) is 9.49. The number of aromatic nitrogens is 1. The second-order valence-electron chi connectivity index (χ2n) is 4.35. The number of aliphatic hydroxyl groups is 1. The van der Waals surface area contributed by atoms with Crippen LogP contribution < -0.4 is 5.32 Å². The summed E-state index contributed by atoms with van der Waals surface area (Å²) in [5.41, 5.74) is 0.614. The molecule has 0 unspecified atom stereocenters. The Hall–Kier alpha value is -1.36. The number of carbonyl (C=O) groups is 1. The van der Waals surface area contributed by atoms with Crippen molar-refractivity contribution < 1.29 is 14.3 Å². The first kappa shape index (κ1) is 11.1. The SMILES string of the molecule is Cc1nc(C)c(C(=O)NCC2CC(O)C2)o1. The second kappa shape index (κ2) is 4.25. The average Bonchev–Trinajstić information content (AvgIpc) is 2.50. The van der Waals surface area contributed by atoms with Crippen LogP contribution in [0.1, 0.15) is 35.0 Å². The predicted molar refractivity (Wildman–Crippen MR) is 57.0 cm³/mol. The first-order valence-corrected chi connectivity index (χ1v) is 5.46. The number of hydrogen-bond donors (Lipinski definition) is 2. The molecule has 0 saturated heterocycles. The van der Waals surface area contributed by atoms with Gasteiger partial charge in [0.25, 0.3) is 5.91 Å². The number of aliphatic hydroxyl groups excluding tert-OH is 1. The van der Waals surface area contributed by atoms with Gasteiger partial charge in [0, 0.05) is 13.5 Å². The van der Waals surface area contributed by atoms with Crippen LogP contribution in [0.4, 0.5) is 0 Å². The summed E-state index contributed by atoms with van der Waals surface area (Å²) in [7, 11) is 0. The van der Waals surface area contributed by atoms with E-state index in [1.807, 2.05) is 0 Å². The molecule has 1 aromatic heterocycles. The van der Waals surface area contributed by atoms with Crippen molar-refractivity contribution in [1.82, 2.24) is 10.3 Å². The first-order chi connectivity index (χ1) is 7.56. The smallest absolute Gasteiger partial charge is 0.289 e. The highest BCUT2D eigenvalue weighted by Gasteiger charge is 2.27. The van der Waals surface area contributed by atoms with Crippen LogP contribution in [0.2, 0.25) is 0 Å². The molecule has 5 heteroatoms. The number of hydrogen-bond acceptors (Lipinski definition) is 4. The lowest BCUT2D eigenvalue weighted by Gasteiger charge is -2.31. The minimum absolute atomic E-state index is 0.184. The zero-order valence-electron chi connectivity index (χ0n) is 9.49. The molecule has 2 rings (SSSR count). The van der Waals surface area contributed by atoms with Gasteiger partial charge in [-0.1, -0.05) is 0 Å². The molecule has 5 nitrogen and oxygen atoms in total. The summed E-state index contributed by atoms with van der Waals surface area (Å²) in [5.74, 6) is 0.960. The van der Waals surface area contributed by atoms with Gasteiger partial charge in [0.15, 0.2) is 5.89 Å². The summed E-state index contributed by atoms with van der Waals surface area (Å²) in [6.45, 7) is 4.06. The van der Waals surface area contributed by atoms with Crippen LogP contribution in [0, 0.1) is 19.8 Å². The molecule has 0 atom stereocenters. The van der Waals surface area contributed by atoms with Crippen LogP contribution in [0.15, 0.2) is 4.42 Å². The van der Waals surface area contributed by atoms with Crippen LogP contribution >= 0.6 is 0 Å². The largest absolute Gasteiger partial charge is 0.436 e. The van der Waals surface area contributed by atoms with E-state index in [2.05, 4.69) is 10.3 Å². The Balaban J connectivity index is 1.86. The van der Waals surface area contributed by atoms with Crippen LogP contribution in [-0.2, 0) is 0 Å². The van der Waals surface area contributed by atoms with Crippen molar-refractivity contribution in [3.63, 3.8) is 0 Å². The van der Waals surface area contributed by atoms with Crippen molar-refractivity contribution in [2.24, 2.45) is 5.92 Å². The number of amides is 1. The fourth-order valence-corrected chi connectivity index (χ4v) is 1.93. The van der Waals surface area contributed by atoms with E-state index < -0.39 is 0 Å². The second-order valence-corrected chi connectivity index (χ2v) is 4.35. The van der Waals surface area contributed by atoms with E-state index in [1.54, 1.807) is 13.8 Å². The topological polar surface area (TPSA) is 75.4 Å². The average molecular weight is 224 g/mol. The van der Waals surface area contributed by atoms with Gasteiger partial charge in [0.2, 0.25) is 5.76 Å². The Morgan fingerprint density at radius 3 is 2.75 bits per heavy atom. The molecular formula is C11H16N2O3. The third kappa shape index (κ3) is 2.24. The van der Waals surface area contributed by atoms with Crippen LogP contribution in [-0.4, -0.2) is 28.6 Å². The minimum atomic E-state index is -0.223. The van der Waals surface area contributed by atoms with E-state index in [0.29, 0.717) is 24.0 Å². The Morgan fingerprint density at radius 1 is 1.56 bits per heavy atom. The highest BCUT2D eigenvalue weighted by molar-refractivity contribution is 5.92. The van der Waals surface area contributed by atoms with Crippen molar-refractivity contribution in [3.8, 4) is 0 Å².